The molecule has 140 valence electrons. The number of ketones is 1. The number of aromatic amines is 1. The van der Waals surface area contributed by atoms with E-state index in [4.69, 9.17) is 10.4 Å². The molecule has 0 aliphatic rings. The Hall–Kier alpha value is -3.03. The molecule has 1 aromatic heterocycles. The number of H-pyrrole nitrogens is 1. The Bertz CT molecular complexity index is 1050. The Balaban J connectivity index is 1.95. The molecule has 6 N–H and O–H groups in total. The van der Waals surface area contributed by atoms with Crippen LogP contribution in [0.15, 0.2) is 47.3 Å². The summed E-state index contributed by atoms with van der Waals surface area (Å²) in [5.74, 6) is -0.969. The number of quaternary nitrogens is 2. The summed E-state index contributed by atoms with van der Waals surface area (Å²) in [6.45, 7) is 0. The summed E-state index contributed by atoms with van der Waals surface area (Å²) in [7, 11) is 0. The van der Waals surface area contributed by atoms with Crippen LogP contribution in [-0.2, 0) is 0 Å². The van der Waals surface area contributed by atoms with Gasteiger partial charge in [0, 0.05) is 24.3 Å². The maximum Gasteiger partial charge on any atom is 0.278 e. The molecular formula is C16H14N4O7. The summed E-state index contributed by atoms with van der Waals surface area (Å²) in [4.78, 5) is 30.9. The molecule has 27 heavy (non-hydrogen) atoms. The summed E-state index contributed by atoms with van der Waals surface area (Å²) in [5, 5.41) is 47.6. The highest BCUT2D eigenvalue weighted by molar-refractivity contribution is 5.99. The van der Waals surface area contributed by atoms with Gasteiger partial charge in [0.1, 0.15) is 6.10 Å². The number of nitrogens with zero attached hydrogens (tertiary/aromatic N) is 1. The first-order chi connectivity index (χ1) is 12.8. The molecule has 2 aromatic carbocycles. The van der Waals surface area contributed by atoms with Crippen LogP contribution in [0.25, 0.3) is 11.0 Å². The molecule has 3 atom stereocenters. The minimum absolute atomic E-state index is 0.0192. The standard InChI is InChI=1S/C16H14N4O7/c21-14(8-1-3-9(4-2-8)19(24)25)15(22)13-16(23)18-12-7-10(20(26)27)5-6-11(12)17-13/h1-7,14,19-21,24,26H,(H,18,23). The molecule has 0 saturated carbocycles. The Kier molecular flexibility index (Phi) is 5.07. The zero-order chi connectivity index (χ0) is 19.7. The molecule has 0 radical (unpaired) electrons. The molecule has 0 amide bonds. The number of benzene rings is 2. The van der Waals surface area contributed by atoms with Crippen molar-refractivity contribution in [2.75, 3.05) is 0 Å². The number of carbonyl (C=O) groups is 1. The van der Waals surface area contributed by atoms with Gasteiger partial charge in [0.25, 0.3) is 5.56 Å². The lowest BCUT2D eigenvalue weighted by Gasteiger charge is -2.14. The molecule has 0 aliphatic carbocycles. The van der Waals surface area contributed by atoms with Gasteiger partial charge >= 0.3 is 0 Å². The number of nitrogens with one attached hydrogen (secondary N) is 3. The Labute approximate surface area is 150 Å². The average molecular weight is 374 g/mol. The van der Waals surface area contributed by atoms with E-state index in [1.165, 1.54) is 42.5 Å². The monoisotopic (exact) mass is 374 g/mol. The van der Waals surface area contributed by atoms with E-state index in [0.717, 1.165) is 0 Å². The maximum absolute atomic E-state index is 12.5. The van der Waals surface area contributed by atoms with Gasteiger partial charge in [0.15, 0.2) is 17.1 Å². The van der Waals surface area contributed by atoms with Crippen LogP contribution in [0.4, 0.5) is 11.4 Å². The lowest BCUT2D eigenvalue weighted by Crippen LogP contribution is -2.99. The fraction of sp³-hybridized carbons (Fsp3) is 0.0625. The Morgan fingerprint density at radius 3 is 2.22 bits per heavy atom. The van der Waals surface area contributed by atoms with Gasteiger partial charge in [-0.05, 0) is 23.8 Å². The highest BCUT2D eigenvalue weighted by Gasteiger charge is 2.24. The van der Waals surface area contributed by atoms with E-state index in [0.29, 0.717) is 0 Å². The second kappa shape index (κ2) is 7.30. The van der Waals surface area contributed by atoms with Crippen LogP contribution in [0.1, 0.15) is 22.2 Å². The van der Waals surface area contributed by atoms with Gasteiger partial charge in [0.2, 0.25) is 5.78 Å². The quantitative estimate of drug-likeness (QED) is 0.234. The number of aliphatic hydroxyl groups excluding tert-OH is 1. The van der Waals surface area contributed by atoms with E-state index >= 15 is 0 Å². The fourth-order valence-corrected chi connectivity index (χ4v) is 2.48. The van der Waals surface area contributed by atoms with E-state index in [1.54, 1.807) is 0 Å². The van der Waals surface area contributed by atoms with Crippen LogP contribution in [0.2, 0.25) is 0 Å². The first-order valence-corrected chi connectivity index (χ1v) is 7.61. The molecule has 1 heterocycles. The van der Waals surface area contributed by atoms with E-state index < -0.39 is 33.6 Å². The van der Waals surface area contributed by atoms with Gasteiger partial charge in [-0.1, -0.05) is 0 Å². The molecule has 0 spiro atoms. The highest BCUT2D eigenvalue weighted by atomic mass is 16.8. The van der Waals surface area contributed by atoms with Crippen LogP contribution in [0, 0.1) is 10.4 Å². The number of rotatable bonds is 5. The van der Waals surface area contributed by atoms with E-state index in [2.05, 4.69) is 9.97 Å². The lowest BCUT2D eigenvalue weighted by molar-refractivity contribution is -0.991. The van der Waals surface area contributed by atoms with Gasteiger partial charge in [-0.15, -0.1) is 0 Å². The van der Waals surface area contributed by atoms with Crippen molar-refractivity contribution in [2.45, 2.75) is 6.10 Å². The van der Waals surface area contributed by atoms with Crippen molar-refractivity contribution >= 4 is 28.2 Å². The Morgan fingerprint density at radius 2 is 1.63 bits per heavy atom. The lowest BCUT2D eigenvalue weighted by atomic mass is 10.0. The number of aliphatic hydroxyl groups is 1. The van der Waals surface area contributed by atoms with Crippen molar-refractivity contribution in [3.8, 4) is 0 Å². The Morgan fingerprint density at radius 1 is 1.04 bits per heavy atom. The third kappa shape index (κ3) is 3.74. The first-order valence-electron chi connectivity index (χ1n) is 7.61. The zero-order valence-electron chi connectivity index (χ0n) is 13.5. The molecule has 11 nitrogen and oxygen atoms in total. The minimum Gasteiger partial charge on any atom is -0.595 e. The van der Waals surface area contributed by atoms with E-state index in [1.807, 2.05) is 0 Å². The molecule has 11 heteroatoms. The summed E-state index contributed by atoms with van der Waals surface area (Å²) >= 11 is 0. The van der Waals surface area contributed by atoms with E-state index in [9.17, 15) is 25.1 Å². The summed E-state index contributed by atoms with van der Waals surface area (Å²) in [6, 6.07) is 8.78. The predicted molar refractivity (Wildman–Crippen MR) is 89.6 cm³/mol. The highest BCUT2D eigenvalue weighted by Crippen LogP contribution is 2.19. The minimum atomic E-state index is -1.71. The molecular weight excluding hydrogens is 360 g/mol. The number of aromatic nitrogens is 2. The van der Waals surface area contributed by atoms with Gasteiger partial charge in [-0.3, -0.25) is 9.59 Å². The predicted octanol–water partition coefficient (Wildman–Crippen LogP) is -1.35. The van der Waals surface area contributed by atoms with Crippen LogP contribution < -0.4 is 16.0 Å². The first kappa shape index (κ1) is 18.8. The number of hydrogen-bond acceptors (Lipinski definition) is 8. The summed E-state index contributed by atoms with van der Waals surface area (Å²) in [6.07, 6.45) is -1.71. The molecule has 0 bridgehead atoms. The topological polar surface area (TPSA) is 179 Å². The van der Waals surface area contributed by atoms with Crippen molar-refractivity contribution in [1.82, 2.24) is 9.97 Å². The van der Waals surface area contributed by atoms with Crippen LogP contribution in [-0.4, -0.2) is 31.3 Å². The molecule has 3 aromatic rings. The average Bonchev–Trinajstić information content (AvgIpc) is 2.65. The van der Waals surface area contributed by atoms with Gasteiger partial charge in [-0.2, -0.15) is 10.5 Å². The van der Waals surface area contributed by atoms with Crippen molar-refractivity contribution in [3.05, 3.63) is 74.5 Å². The maximum atomic E-state index is 12.5. The van der Waals surface area contributed by atoms with Crippen LogP contribution in [0.3, 0.4) is 0 Å². The van der Waals surface area contributed by atoms with Crippen molar-refractivity contribution in [3.63, 3.8) is 0 Å². The second-order valence-corrected chi connectivity index (χ2v) is 5.65. The molecule has 3 rings (SSSR count). The molecule has 3 unspecified atom stereocenters. The van der Waals surface area contributed by atoms with Crippen molar-refractivity contribution in [2.24, 2.45) is 0 Å². The van der Waals surface area contributed by atoms with Crippen molar-refractivity contribution < 1.29 is 30.8 Å². The number of fused-ring (bicyclic) bond motifs is 1. The van der Waals surface area contributed by atoms with Crippen LogP contribution >= 0.6 is 0 Å². The number of Topliss-reactive ketones (excluding diaryl/α,β-unsaturated/α-hetero) is 1. The van der Waals surface area contributed by atoms with Gasteiger partial charge < -0.3 is 20.5 Å². The van der Waals surface area contributed by atoms with Crippen molar-refractivity contribution in [1.29, 1.82) is 0 Å². The molecule has 0 fully saturated rings. The largest absolute Gasteiger partial charge is 0.595 e. The molecule has 0 saturated heterocycles. The third-order valence-corrected chi connectivity index (χ3v) is 3.89. The van der Waals surface area contributed by atoms with Gasteiger partial charge in [-0.25, -0.2) is 15.4 Å². The molecule has 0 aliphatic heterocycles. The normalized spacial score (nSPS) is 14.7. The number of hydrogen-bond donors (Lipinski definition) is 6. The van der Waals surface area contributed by atoms with Gasteiger partial charge in [0.05, 0.1) is 11.0 Å². The van der Waals surface area contributed by atoms with E-state index in [-0.39, 0.29) is 28.0 Å². The summed E-state index contributed by atoms with van der Waals surface area (Å²) < 4.78 is 0. The third-order valence-electron chi connectivity index (χ3n) is 3.89. The number of carbonyl (C=O) groups excluding carboxylic acids is 1. The van der Waals surface area contributed by atoms with Crippen LogP contribution in [0.5, 0.6) is 0 Å². The second-order valence-electron chi connectivity index (χ2n) is 5.65. The SMILES string of the molecule is O=C(c1nc2ccc([NH+]([O-])O)cc2[nH]c1=O)C(O)c1ccc([NH+]([O-])O)cc1. The summed E-state index contributed by atoms with van der Waals surface area (Å²) in [5.41, 5.74) is -1.08. The zero-order valence-corrected chi connectivity index (χ0v) is 13.5. The fourth-order valence-electron chi connectivity index (χ4n) is 2.48. The smallest absolute Gasteiger partial charge is 0.278 e.